The summed E-state index contributed by atoms with van der Waals surface area (Å²) in [6, 6.07) is 12.1. The van der Waals surface area contributed by atoms with Crippen molar-refractivity contribution in [2.45, 2.75) is 19.8 Å². The highest BCUT2D eigenvalue weighted by molar-refractivity contribution is 6.45. The molecule has 2 aromatic carbocycles. The number of benzene rings is 2. The first-order valence-corrected chi connectivity index (χ1v) is 9.17. The first-order valence-electron chi connectivity index (χ1n) is 8.79. The van der Waals surface area contributed by atoms with Gasteiger partial charge in [-0.15, -0.1) is 0 Å². The number of anilines is 1. The Kier molecular flexibility index (Phi) is 5.80. The van der Waals surface area contributed by atoms with Crippen LogP contribution in [0.2, 0.25) is 5.02 Å². The van der Waals surface area contributed by atoms with Gasteiger partial charge in [0.25, 0.3) is 5.91 Å². The number of aliphatic hydroxyl groups is 1. The number of ether oxygens (including phenoxy) is 1. The van der Waals surface area contributed by atoms with Gasteiger partial charge < -0.3 is 9.84 Å². The number of hydrogen-bond donors (Lipinski definition) is 1. The zero-order chi connectivity index (χ0) is 20.3. The molecular formula is C21H18ClNO5. The normalized spacial score (nSPS) is 14.0. The van der Waals surface area contributed by atoms with E-state index in [1.807, 2.05) is 6.92 Å². The smallest absolute Gasteiger partial charge is 0.338 e. The lowest BCUT2D eigenvalue weighted by atomic mass is 10.1. The van der Waals surface area contributed by atoms with Crippen molar-refractivity contribution < 1.29 is 24.2 Å². The largest absolute Gasteiger partial charge is 0.502 e. The molecule has 3 rings (SSSR count). The van der Waals surface area contributed by atoms with Gasteiger partial charge in [-0.25, -0.2) is 9.69 Å². The molecule has 2 aromatic rings. The van der Waals surface area contributed by atoms with Gasteiger partial charge in [0, 0.05) is 5.02 Å². The number of esters is 1. The lowest BCUT2D eigenvalue weighted by Gasteiger charge is -2.15. The van der Waals surface area contributed by atoms with E-state index in [4.69, 9.17) is 16.3 Å². The zero-order valence-electron chi connectivity index (χ0n) is 15.1. The fourth-order valence-corrected chi connectivity index (χ4v) is 2.89. The van der Waals surface area contributed by atoms with E-state index in [0.717, 1.165) is 17.7 Å². The van der Waals surface area contributed by atoms with Crippen LogP contribution in [0.15, 0.2) is 54.3 Å². The second-order valence-electron chi connectivity index (χ2n) is 6.21. The van der Waals surface area contributed by atoms with Crippen LogP contribution >= 0.6 is 11.6 Å². The van der Waals surface area contributed by atoms with Crippen molar-refractivity contribution in [3.8, 4) is 0 Å². The molecule has 0 atom stereocenters. The molecule has 7 heteroatoms. The molecule has 0 saturated carbocycles. The van der Waals surface area contributed by atoms with E-state index in [1.165, 1.54) is 24.3 Å². The van der Waals surface area contributed by atoms with Gasteiger partial charge in [-0.3, -0.25) is 9.59 Å². The zero-order valence-corrected chi connectivity index (χ0v) is 15.9. The van der Waals surface area contributed by atoms with Crippen LogP contribution in [0.4, 0.5) is 5.69 Å². The number of nitrogens with zero attached hydrogens (tertiary/aromatic N) is 1. The molecule has 28 heavy (non-hydrogen) atoms. The summed E-state index contributed by atoms with van der Waals surface area (Å²) in [4.78, 5) is 38.0. The Balaban J connectivity index is 1.81. The van der Waals surface area contributed by atoms with E-state index >= 15 is 0 Å². The fraction of sp³-hybridized carbons (Fsp3) is 0.190. The number of imide groups is 1. The molecule has 0 saturated heterocycles. The molecule has 0 fully saturated rings. The Morgan fingerprint density at radius 3 is 2.29 bits per heavy atom. The molecule has 144 valence electrons. The molecular weight excluding hydrogens is 382 g/mol. The van der Waals surface area contributed by atoms with Crippen molar-refractivity contribution in [3.63, 3.8) is 0 Å². The molecule has 0 spiro atoms. The number of aliphatic hydroxyl groups excluding tert-OH is 1. The Labute approximate surface area is 167 Å². The van der Waals surface area contributed by atoms with E-state index in [2.05, 4.69) is 0 Å². The van der Waals surface area contributed by atoms with Gasteiger partial charge in [0.05, 0.1) is 23.4 Å². The number of halogens is 1. The quantitative estimate of drug-likeness (QED) is 0.448. The van der Waals surface area contributed by atoms with Crippen LogP contribution in [0.1, 0.15) is 35.7 Å². The standard InChI is InChI=1S/C21H18ClNO5/c1-2-3-12-28-21(27)14-6-10-16(11-7-14)23-19(25)17(18(24)20(23)26)13-4-8-15(22)9-5-13/h4-11,24H,2-3,12H2,1H3. The van der Waals surface area contributed by atoms with E-state index in [9.17, 15) is 19.5 Å². The van der Waals surface area contributed by atoms with Gasteiger partial charge in [0.2, 0.25) is 0 Å². The second-order valence-corrected chi connectivity index (χ2v) is 6.65. The highest BCUT2D eigenvalue weighted by atomic mass is 35.5. The third-order valence-electron chi connectivity index (χ3n) is 4.28. The maximum absolute atomic E-state index is 12.8. The lowest BCUT2D eigenvalue weighted by Crippen LogP contribution is -2.31. The molecule has 2 amide bonds. The van der Waals surface area contributed by atoms with Crippen LogP contribution in [0.3, 0.4) is 0 Å². The maximum atomic E-state index is 12.8. The van der Waals surface area contributed by atoms with Crippen molar-refractivity contribution in [2.24, 2.45) is 0 Å². The number of hydrogen-bond acceptors (Lipinski definition) is 5. The summed E-state index contributed by atoms with van der Waals surface area (Å²) in [6.45, 7) is 2.33. The minimum absolute atomic E-state index is 0.0929. The van der Waals surface area contributed by atoms with Crippen LogP contribution in [-0.2, 0) is 14.3 Å². The van der Waals surface area contributed by atoms with Crippen LogP contribution in [0.25, 0.3) is 5.57 Å². The summed E-state index contributed by atoms with van der Waals surface area (Å²) in [5.41, 5.74) is 0.855. The van der Waals surface area contributed by atoms with Crippen LogP contribution in [0.5, 0.6) is 0 Å². The van der Waals surface area contributed by atoms with Crippen LogP contribution in [-0.4, -0.2) is 29.5 Å². The summed E-state index contributed by atoms with van der Waals surface area (Å²) >= 11 is 5.85. The third kappa shape index (κ3) is 3.77. The number of rotatable bonds is 6. The van der Waals surface area contributed by atoms with E-state index in [-0.39, 0.29) is 11.3 Å². The summed E-state index contributed by atoms with van der Waals surface area (Å²) in [6.07, 6.45) is 1.69. The van der Waals surface area contributed by atoms with Crippen LogP contribution < -0.4 is 4.90 Å². The lowest BCUT2D eigenvalue weighted by molar-refractivity contribution is -0.121. The molecule has 6 nitrogen and oxygen atoms in total. The van der Waals surface area contributed by atoms with Gasteiger partial charge in [0.15, 0.2) is 5.76 Å². The number of unbranched alkanes of at least 4 members (excludes halogenated alkanes) is 1. The van der Waals surface area contributed by atoms with Crippen molar-refractivity contribution in [3.05, 3.63) is 70.4 Å². The minimum atomic E-state index is -0.826. The molecule has 0 radical (unpaired) electrons. The topological polar surface area (TPSA) is 83.9 Å². The monoisotopic (exact) mass is 399 g/mol. The summed E-state index contributed by atoms with van der Waals surface area (Å²) in [5, 5.41) is 10.7. The Bertz CT molecular complexity index is 948. The first kappa shape index (κ1) is 19.6. The average molecular weight is 400 g/mol. The highest BCUT2D eigenvalue weighted by Gasteiger charge is 2.40. The van der Waals surface area contributed by atoms with Crippen molar-refractivity contribution in [1.29, 1.82) is 0 Å². The van der Waals surface area contributed by atoms with Crippen molar-refractivity contribution >= 4 is 40.6 Å². The maximum Gasteiger partial charge on any atom is 0.338 e. The predicted octanol–water partition coefficient (Wildman–Crippen LogP) is 4.14. The number of carbonyl (C=O) groups excluding carboxylic acids is 3. The van der Waals surface area contributed by atoms with E-state index in [0.29, 0.717) is 22.8 Å². The number of amides is 2. The summed E-state index contributed by atoms with van der Waals surface area (Å²) in [5.74, 6) is -2.58. The van der Waals surface area contributed by atoms with Gasteiger partial charge >= 0.3 is 11.9 Å². The summed E-state index contributed by atoms with van der Waals surface area (Å²) < 4.78 is 5.13. The predicted molar refractivity (Wildman–Crippen MR) is 105 cm³/mol. The Morgan fingerprint density at radius 2 is 1.68 bits per heavy atom. The van der Waals surface area contributed by atoms with Gasteiger partial charge in [-0.2, -0.15) is 0 Å². The van der Waals surface area contributed by atoms with Gasteiger partial charge in [0.1, 0.15) is 0 Å². The molecule has 0 unspecified atom stereocenters. The SMILES string of the molecule is CCCCOC(=O)c1ccc(N2C(=O)C(O)=C(c3ccc(Cl)cc3)C2=O)cc1. The van der Waals surface area contributed by atoms with Crippen LogP contribution in [0, 0.1) is 0 Å². The Morgan fingerprint density at radius 1 is 1.04 bits per heavy atom. The highest BCUT2D eigenvalue weighted by Crippen LogP contribution is 2.32. The van der Waals surface area contributed by atoms with E-state index < -0.39 is 23.5 Å². The molecule has 0 aromatic heterocycles. The first-order chi connectivity index (χ1) is 13.4. The second kappa shape index (κ2) is 8.27. The van der Waals surface area contributed by atoms with E-state index in [1.54, 1.807) is 24.3 Å². The van der Waals surface area contributed by atoms with Crippen molar-refractivity contribution in [2.75, 3.05) is 11.5 Å². The average Bonchev–Trinajstić information content (AvgIpc) is 2.92. The van der Waals surface area contributed by atoms with Crippen molar-refractivity contribution in [1.82, 2.24) is 0 Å². The molecule has 1 N–H and O–H groups in total. The number of carbonyl (C=O) groups is 3. The fourth-order valence-electron chi connectivity index (χ4n) is 2.77. The van der Waals surface area contributed by atoms with Gasteiger partial charge in [-0.05, 0) is 48.4 Å². The summed E-state index contributed by atoms with van der Waals surface area (Å²) in [7, 11) is 0. The molecule has 0 aliphatic carbocycles. The molecule has 0 bridgehead atoms. The van der Waals surface area contributed by atoms with Gasteiger partial charge in [-0.1, -0.05) is 37.1 Å². The Hall–Kier alpha value is -3.12. The molecule has 1 heterocycles. The molecule has 1 aliphatic heterocycles. The minimum Gasteiger partial charge on any atom is -0.502 e. The molecule has 1 aliphatic rings. The third-order valence-corrected chi connectivity index (χ3v) is 4.54.